The minimum Gasteiger partial charge on any atom is -0.472 e. The van der Waals surface area contributed by atoms with Gasteiger partial charge in [-0.25, -0.2) is 0 Å². The predicted molar refractivity (Wildman–Crippen MR) is 101 cm³/mol. The first-order chi connectivity index (χ1) is 10.8. The van der Waals surface area contributed by atoms with E-state index in [4.69, 9.17) is 9.15 Å². The standard InChI is InChI=1S/C16H26N4O2.HI/c1-17-16(18-10-14-2-8-21-12-14)20-6-4-19(5-7-20)11-15-3-9-22-13-15;/h2,8,12,15H,3-7,9-11,13H2,1H3,(H,17,18);1H. The van der Waals surface area contributed by atoms with Crippen molar-refractivity contribution in [3.63, 3.8) is 0 Å². The second-order valence-electron chi connectivity index (χ2n) is 6.05. The summed E-state index contributed by atoms with van der Waals surface area (Å²) in [6, 6.07) is 1.97. The molecule has 0 spiro atoms. The first kappa shape index (κ1) is 18.5. The third-order valence-electron chi connectivity index (χ3n) is 4.45. The SMILES string of the molecule is CN=C(NCc1ccoc1)N1CCN(CC2CCOC2)CC1.I. The van der Waals surface area contributed by atoms with Crippen LogP contribution in [-0.2, 0) is 11.3 Å². The number of aliphatic imine (C=N–C) groups is 1. The van der Waals surface area contributed by atoms with Crippen LogP contribution in [0.5, 0.6) is 0 Å². The van der Waals surface area contributed by atoms with E-state index in [1.165, 1.54) is 13.0 Å². The first-order valence-corrected chi connectivity index (χ1v) is 8.12. The number of ether oxygens (including phenoxy) is 1. The van der Waals surface area contributed by atoms with Gasteiger partial charge in [0.1, 0.15) is 0 Å². The average molecular weight is 434 g/mol. The van der Waals surface area contributed by atoms with Gasteiger partial charge in [0.05, 0.1) is 19.1 Å². The number of rotatable bonds is 4. The van der Waals surface area contributed by atoms with Gasteiger partial charge in [-0.05, 0) is 18.4 Å². The Morgan fingerprint density at radius 3 is 2.78 bits per heavy atom. The molecule has 0 bridgehead atoms. The minimum absolute atomic E-state index is 0. The summed E-state index contributed by atoms with van der Waals surface area (Å²) in [6.07, 6.45) is 4.68. The van der Waals surface area contributed by atoms with E-state index in [1.54, 1.807) is 12.5 Å². The van der Waals surface area contributed by atoms with Crippen molar-refractivity contribution in [2.45, 2.75) is 13.0 Å². The summed E-state index contributed by atoms with van der Waals surface area (Å²) in [7, 11) is 1.85. The summed E-state index contributed by atoms with van der Waals surface area (Å²) < 4.78 is 10.6. The Hall–Kier alpha value is -0.800. The lowest BCUT2D eigenvalue weighted by atomic mass is 10.1. The minimum atomic E-state index is 0. The second kappa shape index (κ2) is 9.48. The van der Waals surface area contributed by atoms with Crippen LogP contribution < -0.4 is 5.32 Å². The van der Waals surface area contributed by atoms with Gasteiger partial charge in [-0.3, -0.25) is 9.89 Å². The molecule has 1 atom stereocenters. The van der Waals surface area contributed by atoms with Crippen molar-refractivity contribution >= 4 is 29.9 Å². The maximum Gasteiger partial charge on any atom is 0.194 e. The molecule has 0 aliphatic carbocycles. The van der Waals surface area contributed by atoms with E-state index >= 15 is 0 Å². The van der Waals surface area contributed by atoms with Gasteiger partial charge in [-0.1, -0.05) is 0 Å². The molecule has 23 heavy (non-hydrogen) atoms. The van der Waals surface area contributed by atoms with Crippen LogP contribution in [-0.4, -0.2) is 68.7 Å². The van der Waals surface area contributed by atoms with Crippen molar-refractivity contribution < 1.29 is 9.15 Å². The Morgan fingerprint density at radius 1 is 1.35 bits per heavy atom. The summed E-state index contributed by atoms with van der Waals surface area (Å²) in [5.41, 5.74) is 1.14. The van der Waals surface area contributed by atoms with Crippen LogP contribution in [0.3, 0.4) is 0 Å². The quantitative estimate of drug-likeness (QED) is 0.444. The summed E-state index contributed by atoms with van der Waals surface area (Å²) in [6.45, 7) is 8.06. The average Bonchev–Trinajstić information content (AvgIpc) is 3.23. The molecule has 0 aromatic carbocycles. The van der Waals surface area contributed by atoms with Crippen molar-refractivity contribution in [1.29, 1.82) is 0 Å². The maximum atomic E-state index is 5.47. The number of hydrogen-bond donors (Lipinski definition) is 1. The third kappa shape index (κ3) is 5.36. The maximum absolute atomic E-state index is 5.47. The number of hydrogen-bond acceptors (Lipinski definition) is 4. The number of guanidine groups is 1. The van der Waals surface area contributed by atoms with E-state index in [-0.39, 0.29) is 24.0 Å². The zero-order valence-corrected chi connectivity index (χ0v) is 16.1. The predicted octanol–water partition coefficient (Wildman–Crippen LogP) is 1.63. The van der Waals surface area contributed by atoms with Gasteiger partial charge in [-0.15, -0.1) is 24.0 Å². The molecule has 3 rings (SSSR count). The summed E-state index contributed by atoms with van der Waals surface area (Å²) in [5, 5.41) is 3.41. The van der Waals surface area contributed by atoms with Crippen molar-refractivity contribution in [3.8, 4) is 0 Å². The zero-order chi connectivity index (χ0) is 15.2. The highest BCUT2D eigenvalue weighted by Gasteiger charge is 2.23. The number of halogens is 1. The Bertz CT molecular complexity index is 466. The Labute approximate surface area is 155 Å². The number of nitrogens with zero attached hydrogens (tertiary/aromatic N) is 3. The van der Waals surface area contributed by atoms with E-state index in [1.807, 2.05) is 13.1 Å². The fourth-order valence-corrected chi connectivity index (χ4v) is 3.14. The molecule has 1 aromatic rings. The van der Waals surface area contributed by atoms with Crippen molar-refractivity contribution in [1.82, 2.24) is 15.1 Å². The molecule has 130 valence electrons. The van der Waals surface area contributed by atoms with Gasteiger partial charge in [-0.2, -0.15) is 0 Å². The molecule has 7 heteroatoms. The molecule has 2 aliphatic rings. The molecule has 0 radical (unpaired) electrons. The number of piperazine rings is 1. The van der Waals surface area contributed by atoms with Crippen LogP contribution in [0.15, 0.2) is 28.0 Å². The Balaban J connectivity index is 0.00000192. The zero-order valence-electron chi connectivity index (χ0n) is 13.7. The highest BCUT2D eigenvalue weighted by atomic mass is 127. The first-order valence-electron chi connectivity index (χ1n) is 8.12. The van der Waals surface area contributed by atoms with Gasteiger partial charge in [0.25, 0.3) is 0 Å². The molecule has 2 fully saturated rings. The van der Waals surface area contributed by atoms with E-state index in [9.17, 15) is 0 Å². The van der Waals surface area contributed by atoms with Gasteiger partial charge in [0.2, 0.25) is 0 Å². The molecule has 1 aromatic heterocycles. The molecule has 1 unspecified atom stereocenters. The molecular formula is C16H27IN4O2. The van der Waals surface area contributed by atoms with E-state index in [2.05, 4.69) is 20.1 Å². The van der Waals surface area contributed by atoms with Gasteiger partial charge >= 0.3 is 0 Å². The van der Waals surface area contributed by atoms with Crippen LogP contribution in [0.25, 0.3) is 0 Å². The van der Waals surface area contributed by atoms with Gasteiger partial charge < -0.3 is 19.4 Å². The molecular weight excluding hydrogens is 407 g/mol. The Kier molecular flexibility index (Phi) is 7.64. The number of nitrogens with one attached hydrogen (secondary N) is 1. The van der Waals surface area contributed by atoms with E-state index in [0.29, 0.717) is 0 Å². The van der Waals surface area contributed by atoms with Crippen molar-refractivity contribution in [2.75, 3.05) is 53.0 Å². The third-order valence-corrected chi connectivity index (χ3v) is 4.45. The van der Waals surface area contributed by atoms with Gasteiger partial charge in [0.15, 0.2) is 5.96 Å². The van der Waals surface area contributed by atoms with Crippen LogP contribution in [0.2, 0.25) is 0 Å². The highest BCUT2D eigenvalue weighted by molar-refractivity contribution is 14.0. The lowest BCUT2D eigenvalue weighted by Crippen LogP contribution is -2.53. The van der Waals surface area contributed by atoms with Crippen LogP contribution in [0.1, 0.15) is 12.0 Å². The number of furan rings is 1. The molecule has 6 nitrogen and oxygen atoms in total. The Morgan fingerprint density at radius 2 is 2.17 bits per heavy atom. The topological polar surface area (TPSA) is 53.2 Å². The lowest BCUT2D eigenvalue weighted by Gasteiger charge is -2.37. The smallest absolute Gasteiger partial charge is 0.194 e. The second-order valence-corrected chi connectivity index (χ2v) is 6.05. The largest absolute Gasteiger partial charge is 0.472 e. The van der Waals surface area contributed by atoms with E-state index in [0.717, 1.165) is 63.4 Å². The molecule has 2 aliphatic heterocycles. The molecule has 1 N–H and O–H groups in total. The lowest BCUT2D eigenvalue weighted by molar-refractivity contribution is 0.139. The van der Waals surface area contributed by atoms with Crippen LogP contribution in [0.4, 0.5) is 0 Å². The fourth-order valence-electron chi connectivity index (χ4n) is 3.14. The van der Waals surface area contributed by atoms with Crippen molar-refractivity contribution in [3.05, 3.63) is 24.2 Å². The summed E-state index contributed by atoms with van der Waals surface area (Å²) in [5.74, 6) is 1.70. The molecule has 0 saturated carbocycles. The fraction of sp³-hybridized carbons (Fsp3) is 0.688. The molecule has 0 amide bonds. The van der Waals surface area contributed by atoms with Crippen LogP contribution >= 0.6 is 24.0 Å². The monoisotopic (exact) mass is 434 g/mol. The highest BCUT2D eigenvalue weighted by Crippen LogP contribution is 2.15. The summed E-state index contributed by atoms with van der Waals surface area (Å²) in [4.78, 5) is 9.29. The van der Waals surface area contributed by atoms with Crippen molar-refractivity contribution in [2.24, 2.45) is 10.9 Å². The molecule has 2 saturated heterocycles. The summed E-state index contributed by atoms with van der Waals surface area (Å²) >= 11 is 0. The van der Waals surface area contributed by atoms with E-state index < -0.39 is 0 Å². The normalized spacial score (nSPS) is 22.9. The molecule has 3 heterocycles. The van der Waals surface area contributed by atoms with Gasteiger partial charge in [0, 0.05) is 58.5 Å². The van der Waals surface area contributed by atoms with Crippen LogP contribution in [0, 0.1) is 5.92 Å².